The van der Waals surface area contributed by atoms with Gasteiger partial charge in [0.25, 0.3) is 0 Å². The molecule has 0 atom stereocenters. The smallest absolute Gasteiger partial charge is 0.796 e. The van der Waals surface area contributed by atoms with Gasteiger partial charge in [-0.2, -0.15) is 6.26 Å². The monoisotopic (exact) mass is 86.0 g/mol. The van der Waals surface area contributed by atoms with Crippen LogP contribution in [0.5, 0.6) is 0 Å². The molecule has 0 rings (SSSR count). The molecule has 0 aromatic carbocycles. The summed E-state index contributed by atoms with van der Waals surface area (Å²) in [6.45, 7) is 0. The molecule has 0 saturated heterocycles. The molecule has 0 fully saturated rings. The molecule has 0 aromatic heterocycles. The van der Waals surface area contributed by atoms with Crippen LogP contribution in [0.15, 0.2) is 0 Å². The van der Waals surface area contributed by atoms with Crippen molar-refractivity contribution in [2.24, 2.45) is 0 Å². The van der Waals surface area contributed by atoms with Gasteiger partial charge in [0.05, 0.1) is 0 Å². The topological polar surface area (TPSA) is 0 Å². The number of hydrogen-bond donors (Lipinski definition) is 0. The summed E-state index contributed by atoms with van der Waals surface area (Å²) in [5.74, 6) is 0. The minimum atomic E-state index is 0. The summed E-state index contributed by atoms with van der Waals surface area (Å²) in [7, 11) is 0. The second-order valence-electron chi connectivity index (χ2n) is 0. The first-order valence-electron chi connectivity index (χ1n) is 0.408. The molecule has 0 aliphatic rings. The Hall–Kier alpha value is 1.12. The van der Waals surface area contributed by atoms with Crippen LogP contribution in [0.4, 0.5) is 0 Å². The largest absolute Gasteiger partial charge is 2.00 e. The van der Waals surface area contributed by atoms with Crippen LogP contribution in [0.2, 0.25) is 0 Å². The normalized spacial score (nSPS) is 1.50. The van der Waals surface area contributed by atoms with Gasteiger partial charge in [-0.05, 0) is 0 Å². The Kier molecular flexibility index (Phi) is 155. The molecule has 22 valence electrons. The van der Waals surface area contributed by atoms with Crippen molar-refractivity contribution in [1.82, 2.24) is 0 Å². The van der Waals surface area contributed by atoms with Gasteiger partial charge in [0.1, 0.15) is 0 Å². The van der Waals surface area contributed by atoms with E-state index in [9.17, 15) is 0 Å². The maximum atomic E-state index is 4.08. The van der Waals surface area contributed by atoms with Gasteiger partial charge in [0.2, 0.25) is 0 Å². The minimum Gasteiger partial charge on any atom is -0.796 e. The maximum Gasteiger partial charge on any atom is 2.00 e. The predicted molar refractivity (Wildman–Crippen MR) is 25.5 cm³/mol. The van der Waals surface area contributed by atoms with Crippen LogP contribution in [0.3, 0.4) is 0 Å². The van der Waals surface area contributed by atoms with Gasteiger partial charge in [-0.25, -0.2) is 0 Å². The predicted octanol–water partition coefficient (Wildman–Crippen LogP) is 0.233. The molecule has 0 aliphatic carbocycles. The van der Waals surface area contributed by atoms with Crippen molar-refractivity contribution < 1.29 is 0 Å². The third-order valence-electron chi connectivity index (χ3n) is 0. The van der Waals surface area contributed by atoms with Gasteiger partial charge in [0, 0.05) is 0 Å². The molecule has 0 unspecified atom stereocenters. The molecule has 0 radical (unpaired) electrons. The van der Waals surface area contributed by atoms with Gasteiger partial charge in [-0.3, -0.25) is 0 Å². The van der Waals surface area contributed by atoms with Crippen molar-refractivity contribution in [2.75, 3.05) is 6.26 Å². The first-order chi connectivity index (χ1) is 1.00. The SMILES string of the molecule is C[S-].[CH3-].[Mg+2]. The molecule has 0 heterocycles. The fourth-order valence-electron chi connectivity index (χ4n) is 0. The number of hydrogen-bond acceptors (Lipinski definition) is 1. The van der Waals surface area contributed by atoms with Crippen LogP contribution in [0, 0.1) is 7.43 Å². The van der Waals surface area contributed by atoms with E-state index in [0.29, 0.717) is 0 Å². The zero-order chi connectivity index (χ0) is 2.00. The van der Waals surface area contributed by atoms with E-state index < -0.39 is 0 Å². The Bertz CT molecular complexity index is 6.00. The van der Waals surface area contributed by atoms with Gasteiger partial charge in [-0.15, -0.1) is 0 Å². The summed E-state index contributed by atoms with van der Waals surface area (Å²) >= 11 is 4.08. The number of rotatable bonds is 0. The van der Waals surface area contributed by atoms with E-state index >= 15 is 0 Å². The zero-order valence-electron chi connectivity index (χ0n) is 3.12. The van der Waals surface area contributed by atoms with Gasteiger partial charge in [-0.1, -0.05) is 0 Å². The average Bonchev–Trinajstić information content (AvgIpc) is 1.00. The van der Waals surface area contributed by atoms with E-state index in [-0.39, 0.29) is 30.5 Å². The second kappa shape index (κ2) is 32.1. The van der Waals surface area contributed by atoms with Crippen LogP contribution in [-0.2, 0) is 12.6 Å². The average molecular weight is 86.4 g/mol. The minimum absolute atomic E-state index is 0. The Morgan fingerprint density at radius 1 is 1.25 bits per heavy atom. The second-order valence-corrected chi connectivity index (χ2v) is 0. The van der Waals surface area contributed by atoms with Crippen LogP contribution in [0.25, 0.3) is 0 Å². The Balaban J connectivity index is -0.00000000500. The molecule has 0 aliphatic heterocycles. The summed E-state index contributed by atoms with van der Waals surface area (Å²) in [4.78, 5) is 0. The van der Waals surface area contributed by atoms with Crippen molar-refractivity contribution in [3.63, 3.8) is 0 Å². The Labute approximate surface area is 49.5 Å². The summed E-state index contributed by atoms with van der Waals surface area (Å²) < 4.78 is 0. The van der Waals surface area contributed by atoms with E-state index in [1.807, 2.05) is 0 Å². The molecule has 0 bridgehead atoms. The molecule has 2 heteroatoms. The third kappa shape index (κ3) is 11.2. The van der Waals surface area contributed by atoms with E-state index in [0.717, 1.165) is 0 Å². The summed E-state index contributed by atoms with van der Waals surface area (Å²) in [6.07, 6.45) is 1.58. The zero-order valence-corrected chi connectivity index (χ0v) is 5.35. The van der Waals surface area contributed by atoms with Crippen LogP contribution in [0.1, 0.15) is 0 Å². The molecule has 0 saturated carbocycles. The molecule has 0 amide bonds. The van der Waals surface area contributed by atoms with Crippen molar-refractivity contribution >= 4 is 35.7 Å². The summed E-state index contributed by atoms with van der Waals surface area (Å²) in [5, 5.41) is 0. The van der Waals surface area contributed by atoms with E-state index in [2.05, 4.69) is 12.6 Å². The van der Waals surface area contributed by atoms with Crippen molar-refractivity contribution in [3.05, 3.63) is 7.43 Å². The Morgan fingerprint density at radius 2 is 1.25 bits per heavy atom. The molecule has 0 N–H and O–H groups in total. The first-order valence-corrected chi connectivity index (χ1v) is 1.22. The molecule has 0 aromatic rings. The Morgan fingerprint density at radius 3 is 1.25 bits per heavy atom. The first kappa shape index (κ1) is 19.4. The van der Waals surface area contributed by atoms with Crippen LogP contribution >= 0.6 is 0 Å². The third-order valence-corrected chi connectivity index (χ3v) is 0. The standard InChI is InChI=1S/CH4S.CH3.Mg/c1-2;;/h2H,1H3;1H3;/q;-1;+2/p-1. The van der Waals surface area contributed by atoms with Crippen molar-refractivity contribution in [1.29, 1.82) is 0 Å². The van der Waals surface area contributed by atoms with Gasteiger partial charge in [0.15, 0.2) is 0 Å². The fourth-order valence-corrected chi connectivity index (χ4v) is 0. The fraction of sp³-hybridized carbons (Fsp3) is 0.500. The van der Waals surface area contributed by atoms with Gasteiger partial charge < -0.3 is 20.1 Å². The van der Waals surface area contributed by atoms with E-state index in [4.69, 9.17) is 0 Å². The molecule has 4 heavy (non-hydrogen) atoms. The van der Waals surface area contributed by atoms with Gasteiger partial charge >= 0.3 is 23.1 Å². The summed E-state index contributed by atoms with van der Waals surface area (Å²) in [6, 6.07) is 0. The van der Waals surface area contributed by atoms with Crippen molar-refractivity contribution in [2.45, 2.75) is 0 Å². The van der Waals surface area contributed by atoms with Crippen LogP contribution in [-0.4, -0.2) is 29.3 Å². The molecular weight excluding hydrogens is 80.4 g/mol. The van der Waals surface area contributed by atoms with E-state index in [1.54, 1.807) is 6.26 Å². The summed E-state index contributed by atoms with van der Waals surface area (Å²) in [5.41, 5.74) is 0. The molecule has 0 nitrogen and oxygen atoms in total. The molecular formula is C2H6MgS. The van der Waals surface area contributed by atoms with Crippen LogP contribution < -0.4 is 0 Å². The molecule has 0 spiro atoms. The quantitative estimate of drug-likeness (QED) is 0.231. The van der Waals surface area contributed by atoms with E-state index in [1.165, 1.54) is 0 Å². The maximum absolute atomic E-state index is 4.08. The van der Waals surface area contributed by atoms with Crippen molar-refractivity contribution in [3.8, 4) is 0 Å².